The van der Waals surface area contributed by atoms with Gasteiger partial charge in [-0.05, 0) is 19.1 Å². The molecule has 0 unspecified atom stereocenters. The summed E-state index contributed by atoms with van der Waals surface area (Å²) in [5.41, 5.74) is 0. The molecule has 17 heavy (non-hydrogen) atoms. The summed E-state index contributed by atoms with van der Waals surface area (Å²) in [6.45, 7) is 0. The summed E-state index contributed by atoms with van der Waals surface area (Å²) in [5, 5.41) is 11.1. The molecule has 2 rings (SSSR count). The molecule has 7 heteroatoms. The number of carbonyl (C=O) groups is 1. The van der Waals surface area contributed by atoms with Crippen molar-refractivity contribution in [3.63, 3.8) is 0 Å². The summed E-state index contributed by atoms with van der Waals surface area (Å²) in [6, 6.07) is 0.402. The predicted molar refractivity (Wildman–Crippen MR) is 72.8 cm³/mol. The second-order valence-corrected chi connectivity index (χ2v) is 7.13. The van der Waals surface area contributed by atoms with E-state index in [2.05, 4.69) is 15.5 Å². The quantitative estimate of drug-likeness (QED) is 0.844. The van der Waals surface area contributed by atoms with Crippen molar-refractivity contribution >= 4 is 40.8 Å². The Kier molecular flexibility index (Phi) is 5.12. The minimum absolute atomic E-state index is 0.114. The molecule has 1 amide bonds. The molecule has 1 aliphatic carbocycles. The van der Waals surface area contributed by atoms with E-state index < -0.39 is 0 Å². The van der Waals surface area contributed by atoms with Crippen molar-refractivity contribution in [3.8, 4) is 0 Å². The summed E-state index contributed by atoms with van der Waals surface area (Å²) >= 11 is 4.59. The predicted octanol–water partition coefficient (Wildman–Crippen LogP) is 2.41. The largest absolute Gasteiger partial charge is 0.353 e. The van der Waals surface area contributed by atoms with Crippen molar-refractivity contribution < 1.29 is 4.79 Å². The first kappa shape index (κ1) is 13.2. The number of carbonyl (C=O) groups excluding carboxylic acids is 1. The smallest absolute Gasteiger partial charge is 0.230 e. The molecule has 4 nitrogen and oxygen atoms in total. The van der Waals surface area contributed by atoms with E-state index in [1.165, 1.54) is 24.6 Å². The molecule has 1 aromatic heterocycles. The first-order valence-electron chi connectivity index (χ1n) is 5.57. The lowest BCUT2D eigenvalue weighted by molar-refractivity contribution is -0.119. The van der Waals surface area contributed by atoms with Crippen molar-refractivity contribution in [1.29, 1.82) is 0 Å². The lowest BCUT2D eigenvalue weighted by Crippen LogP contribution is -2.33. The first-order chi connectivity index (χ1) is 8.28. The Labute approximate surface area is 113 Å². The van der Waals surface area contributed by atoms with Gasteiger partial charge < -0.3 is 5.32 Å². The van der Waals surface area contributed by atoms with Crippen LogP contribution < -0.4 is 5.32 Å². The lowest BCUT2D eigenvalue weighted by atomic mass is 10.2. The molecule has 0 saturated heterocycles. The Morgan fingerprint density at radius 3 is 2.76 bits per heavy atom. The fourth-order valence-corrected chi connectivity index (χ4v) is 4.05. The van der Waals surface area contributed by atoms with Crippen LogP contribution in [0, 0.1) is 0 Å². The first-order valence-corrected chi connectivity index (χ1v) is 8.60. The van der Waals surface area contributed by atoms with Crippen molar-refractivity contribution in [3.05, 3.63) is 0 Å². The minimum atomic E-state index is 0.114. The van der Waals surface area contributed by atoms with Crippen LogP contribution in [-0.4, -0.2) is 34.2 Å². The van der Waals surface area contributed by atoms with Crippen LogP contribution in [0.25, 0.3) is 0 Å². The van der Waals surface area contributed by atoms with Gasteiger partial charge in [0.05, 0.1) is 5.75 Å². The number of rotatable bonds is 5. The second kappa shape index (κ2) is 6.61. The summed E-state index contributed by atoms with van der Waals surface area (Å²) < 4.78 is 1.82. The zero-order valence-corrected chi connectivity index (χ0v) is 12.1. The summed E-state index contributed by atoms with van der Waals surface area (Å²) in [5.74, 6) is 0.558. The number of hydrogen-bond acceptors (Lipinski definition) is 6. The van der Waals surface area contributed by atoms with Crippen LogP contribution >= 0.6 is 34.9 Å². The number of aromatic nitrogens is 2. The number of thioether (sulfide) groups is 2. The van der Waals surface area contributed by atoms with E-state index in [9.17, 15) is 4.79 Å². The molecule has 1 saturated carbocycles. The number of amides is 1. The zero-order valence-electron chi connectivity index (χ0n) is 9.64. The Balaban J connectivity index is 1.71. The van der Waals surface area contributed by atoms with Gasteiger partial charge in [-0.1, -0.05) is 47.7 Å². The Morgan fingerprint density at radius 2 is 2.12 bits per heavy atom. The molecule has 1 N–H and O–H groups in total. The van der Waals surface area contributed by atoms with E-state index in [1.54, 1.807) is 23.1 Å². The van der Waals surface area contributed by atoms with E-state index in [0.717, 1.165) is 21.5 Å². The topological polar surface area (TPSA) is 54.9 Å². The van der Waals surface area contributed by atoms with Crippen molar-refractivity contribution in [2.45, 2.75) is 40.4 Å². The summed E-state index contributed by atoms with van der Waals surface area (Å²) in [4.78, 5) is 11.7. The highest BCUT2D eigenvalue weighted by Gasteiger charge is 2.17. The van der Waals surface area contributed by atoms with Crippen LogP contribution in [0.1, 0.15) is 25.7 Å². The van der Waals surface area contributed by atoms with Gasteiger partial charge >= 0.3 is 0 Å². The molecule has 0 bridgehead atoms. The van der Waals surface area contributed by atoms with Crippen molar-refractivity contribution in [2.75, 3.05) is 12.0 Å². The van der Waals surface area contributed by atoms with E-state index in [1.807, 2.05) is 6.26 Å². The lowest BCUT2D eigenvalue weighted by Gasteiger charge is -2.10. The van der Waals surface area contributed by atoms with E-state index in [-0.39, 0.29) is 5.91 Å². The molecule has 0 radical (unpaired) electrons. The van der Waals surface area contributed by atoms with Gasteiger partial charge in [0.15, 0.2) is 8.68 Å². The molecule has 1 aliphatic rings. The van der Waals surface area contributed by atoms with E-state index >= 15 is 0 Å². The van der Waals surface area contributed by atoms with Gasteiger partial charge in [0.1, 0.15) is 0 Å². The van der Waals surface area contributed by atoms with Crippen molar-refractivity contribution in [2.24, 2.45) is 0 Å². The summed E-state index contributed by atoms with van der Waals surface area (Å²) in [7, 11) is 0. The molecule has 0 spiro atoms. The van der Waals surface area contributed by atoms with Gasteiger partial charge in [-0.3, -0.25) is 4.79 Å². The van der Waals surface area contributed by atoms with Crippen molar-refractivity contribution in [1.82, 2.24) is 15.5 Å². The Morgan fingerprint density at radius 1 is 1.41 bits per heavy atom. The third-order valence-electron chi connectivity index (χ3n) is 2.61. The monoisotopic (exact) mass is 289 g/mol. The molecule has 1 heterocycles. The van der Waals surface area contributed by atoms with Crippen LogP contribution in [0.5, 0.6) is 0 Å². The van der Waals surface area contributed by atoms with Gasteiger partial charge in [-0.2, -0.15) is 0 Å². The van der Waals surface area contributed by atoms with Crippen LogP contribution in [-0.2, 0) is 4.79 Å². The van der Waals surface area contributed by atoms with Crippen LogP contribution in [0.15, 0.2) is 8.68 Å². The fraction of sp³-hybridized carbons (Fsp3) is 0.700. The maximum atomic E-state index is 11.7. The van der Waals surface area contributed by atoms with Gasteiger partial charge in [-0.25, -0.2) is 0 Å². The third kappa shape index (κ3) is 4.15. The maximum Gasteiger partial charge on any atom is 0.230 e. The molecule has 0 atom stereocenters. The second-order valence-electron chi connectivity index (χ2n) is 3.88. The average Bonchev–Trinajstić information content (AvgIpc) is 2.96. The highest BCUT2D eigenvalue weighted by molar-refractivity contribution is 8.03. The number of nitrogens with one attached hydrogen (secondary N) is 1. The van der Waals surface area contributed by atoms with Crippen LogP contribution in [0.4, 0.5) is 0 Å². The molecular weight excluding hydrogens is 274 g/mol. The van der Waals surface area contributed by atoms with Gasteiger partial charge in [0.2, 0.25) is 5.91 Å². The Bertz CT molecular complexity index is 377. The fourth-order valence-electron chi connectivity index (χ4n) is 1.80. The summed E-state index contributed by atoms with van der Waals surface area (Å²) in [6.07, 6.45) is 6.72. The van der Waals surface area contributed by atoms with Crippen LogP contribution in [0.2, 0.25) is 0 Å². The number of hydrogen-bond donors (Lipinski definition) is 1. The molecule has 1 fully saturated rings. The molecule has 1 aromatic rings. The highest BCUT2D eigenvalue weighted by atomic mass is 32.2. The van der Waals surface area contributed by atoms with Crippen LogP contribution in [0.3, 0.4) is 0 Å². The molecular formula is C10H15N3OS3. The van der Waals surface area contributed by atoms with Gasteiger partial charge in [0, 0.05) is 6.04 Å². The molecule has 0 aliphatic heterocycles. The number of nitrogens with zero attached hydrogens (tertiary/aromatic N) is 2. The standard InChI is InChI=1S/C10H15N3OS3/c1-15-9-12-13-10(17-9)16-6-8(14)11-7-4-2-3-5-7/h7H,2-6H2,1H3,(H,11,14). The molecule has 94 valence electrons. The van der Waals surface area contributed by atoms with E-state index in [4.69, 9.17) is 0 Å². The third-order valence-corrected chi connectivity index (χ3v) is 5.64. The van der Waals surface area contributed by atoms with Gasteiger partial charge in [-0.15, -0.1) is 10.2 Å². The zero-order chi connectivity index (χ0) is 12.1. The molecule has 0 aromatic carbocycles. The normalized spacial score (nSPS) is 16.3. The average molecular weight is 289 g/mol. The SMILES string of the molecule is CSc1nnc(SCC(=O)NC2CCCC2)s1. The Hall–Kier alpha value is -0.270. The van der Waals surface area contributed by atoms with Gasteiger partial charge in [0.25, 0.3) is 0 Å². The minimum Gasteiger partial charge on any atom is -0.353 e. The maximum absolute atomic E-state index is 11.7. The highest BCUT2D eigenvalue weighted by Crippen LogP contribution is 2.27. The van der Waals surface area contributed by atoms with E-state index in [0.29, 0.717) is 11.8 Å².